The molecule has 1 unspecified atom stereocenters. The highest BCUT2D eigenvalue weighted by molar-refractivity contribution is 8.04. The number of aromatic nitrogens is 3. The van der Waals surface area contributed by atoms with Crippen molar-refractivity contribution in [2.45, 2.75) is 55.4 Å². The van der Waals surface area contributed by atoms with Gasteiger partial charge in [0.25, 0.3) is 0 Å². The van der Waals surface area contributed by atoms with Crippen LogP contribution in [0.2, 0.25) is 5.02 Å². The van der Waals surface area contributed by atoms with Crippen LogP contribution in [0.25, 0.3) is 11.2 Å². The van der Waals surface area contributed by atoms with Crippen LogP contribution in [0.15, 0.2) is 40.1 Å². The lowest BCUT2D eigenvalue weighted by atomic mass is 9.77. The van der Waals surface area contributed by atoms with E-state index in [1.807, 2.05) is 6.07 Å². The SMILES string of the molecule is COc1cc(OC)c(CCC2(C3CCCC3)CC(O)=C(Sc3cc(N)nc4nc[nH]c34)C(=O)O2)cc1Cl. The van der Waals surface area contributed by atoms with Gasteiger partial charge in [-0.3, -0.25) is 0 Å². The highest BCUT2D eigenvalue weighted by atomic mass is 35.5. The van der Waals surface area contributed by atoms with Gasteiger partial charge in [0.15, 0.2) is 5.65 Å². The molecule has 1 saturated carbocycles. The van der Waals surface area contributed by atoms with E-state index in [0.29, 0.717) is 45.4 Å². The Morgan fingerprint density at radius 3 is 2.70 bits per heavy atom. The number of cyclic esters (lactones) is 1. The molecule has 1 aliphatic carbocycles. The minimum absolute atomic E-state index is 0.0240. The lowest BCUT2D eigenvalue weighted by Gasteiger charge is -2.41. The number of esters is 1. The van der Waals surface area contributed by atoms with Gasteiger partial charge >= 0.3 is 5.97 Å². The second kappa shape index (κ2) is 10.3. The van der Waals surface area contributed by atoms with Crippen LogP contribution in [0.3, 0.4) is 0 Å². The first kappa shape index (κ1) is 25.5. The number of hydrogen-bond acceptors (Lipinski definition) is 9. The second-order valence-corrected chi connectivity index (χ2v) is 10.9. The van der Waals surface area contributed by atoms with Gasteiger partial charge in [-0.05, 0) is 49.3 Å². The molecule has 2 aliphatic rings. The normalized spacial score (nSPS) is 20.5. The van der Waals surface area contributed by atoms with Crippen LogP contribution >= 0.6 is 23.4 Å². The quantitative estimate of drug-likeness (QED) is 0.311. The Balaban J connectivity index is 1.45. The Hall–Kier alpha value is -3.11. The molecular formula is C26H29ClN4O5S. The van der Waals surface area contributed by atoms with Gasteiger partial charge in [0, 0.05) is 17.4 Å². The first-order valence-electron chi connectivity index (χ1n) is 12.2. The van der Waals surface area contributed by atoms with Gasteiger partial charge in [0.1, 0.15) is 33.6 Å². The highest BCUT2D eigenvalue weighted by Crippen LogP contribution is 2.49. The lowest BCUT2D eigenvalue weighted by Crippen LogP contribution is -2.45. The molecule has 4 N–H and O–H groups in total. The number of fused-ring (bicyclic) bond motifs is 1. The number of aryl methyl sites for hydroxylation is 1. The number of pyridine rings is 1. The van der Waals surface area contributed by atoms with E-state index in [2.05, 4.69) is 15.0 Å². The number of ether oxygens (including phenoxy) is 3. The predicted octanol–water partition coefficient (Wildman–Crippen LogP) is 5.58. The average Bonchev–Trinajstić information content (AvgIpc) is 3.58. The van der Waals surface area contributed by atoms with Crippen LogP contribution in [0, 0.1) is 5.92 Å². The molecule has 0 spiro atoms. The third-order valence-corrected chi connectivity index (χ3v) is 8.72. The van der Waals surface area contributed by atoms with E-state index >= 15 is 0 Å². The van der Waals surface area contributed by atoms with Gasteiger partial charge in [0.2, 0.25) is 0 Å². The number of carbonyl (C=O) groups is 1. The van der Waals surface area contributed by atoms with Crippen molar-refractivity contribution in [3.8, 4) is 11.5 Å². The van der Waals surface area contributed by atoms with Gasteiger partial charge in [-0.1, -0.05) is 36.2 Å². The smallest absolute Gasteiger partial charge is 0.349 e. The van der Waals surface area contributed by atoms with Crippen LogP contribution in [0.1, 0.15) is 44.1 Å². The van der Waals surface area contributed by atoms with E-state index < -0.39 is 11.6 Å². The minimum Gasteiger partial charge on any atom is -0.511 e. The summed E-state index contributed by atoms with van der Waals surface area (Å²) >= 11 is 7.50. The van der Waals surface area contributed by atoms with Crippen molar-refractivity contribution >= 4 is 46.3 Å². The number of nitrogens with zero attached hydrogens (tertiary/aromatic N) is 2. The largest absolute Gasteiger partial charge is 0.511 e. The molecule has 0 radical (unpaired) electrons. The van der Waals surface area contributed by atoms with E-state index in [1.54, 1.807) is 26.4 Å². The number of anilines is 1. The summed E-state index contributed by atoms with van der Waals surface area (Å²) in [5.74, 6) is 1.10. The second-order valence-electron chi connectivity index (χ2n) is 9.44. The van der Waals surface area contributed by atoms with Crippen molar-refractivity contribution in [1.82, 2.24) is 15.0 Å². The number of aromatic amines is 1. The van der Waals surface area contributed by atoms with E-state index in [-0.39, 0.29) is 28.8 Å². The number of nitrogens with one attached hydrogen (secondary N) is 1. The number of methoxy groups -OCH3 is 2. The van der Waals surface area contributed by atoms with E-state index in [4.69, 9.17) is 31.5 Å². The molecule has 0 bridgehead atoms. The number of carbonyl (C=O) groups excluding carboxylic acids is 1. The lowest BCUT2D eigenvalue weighted by molar-refractivity contribution is -0.166. The molecular weight excluding hydrogens is 516 g/mol. The van der Waals surface area contributed by atoms with Crippen molar-refractivity contribution in [3.05, 3.63) is 45.8 Å². The number of benzene rings is 1. The van der Waals surface area contributed by atoms with Crippen LogP contribution in [-0.4, -0.2) is 45.8 Å². The van der Waals surface area contributed by atoms with Gasteiger partial charge in [0.05, 0.1) is 31.1 Å². The fourth-order valence-corrected chi connectivity index (χ4v) is 6.67. The van der Waals surface area contributed by atoms with Crippen LogP contribution in [0.4, 0.5) is 5.82 Å². The topological polar surface area (TPSA) is 133 Å². The molecule has 37 heavy (non-hydrogen) atoms. The molecule has 2 aromatic heterocycles. The Labute approximate surface area is 223 Å². The number of halogens is 1. The summed E-state index contributed by atoms with van der Waals surface area (Å²) in [6.07, 6.45) is 6.87. The molecule has 9 nitrogen and oxygen atoms in total. The summed E-state index contributed by atoms with van der Waals surface area (Å²) in [5, 5.41) is 11.7. The average molecular weight is 545 g/mol. The minimum atomic E-state index is -0.820. The Kier molecular flexibility index (Phi) is 7.13. The van der Waals surface area contributed by atoms with Gasteiger partial charge < -0.3 is 30.0 Å². The zero-order valence-corrected chi connectivity index (χ0v) is 22.2. The fourth-order valence-electron chi connectivity index (χ4n) is 5.44. The maximum absolute atomic E-state index is 13.4. The number of imidazole rings is 1. The number of rotatable bonds is 8. The van der Waals surface area contributed by atoms with E-state index in [0.717, 1.165) is 43.0 Å². The number of nitrogens with two attached hydrogens (primary N) is 1. The zero-order chi connectivity index (χ0) is 26.2. The predicted molar refractivity (Wildman–Crippen MR) is 142 cm³/mol. The summed E-state index contributed by atoms with van der Waals surface area (Å²) in [5.41, 5.74) is 7.09. The molecule has 1 aromatic carbocycles. The van der Waals surface area contributed by atoms with Crippen molar-refractivity contribution in [3.63, 3.8) is 0 Å². The Morgan fingerprint density at radius 2 is 2.00 bits per heavy atom. The zero-order valence-electron chi connectivity index (χ0n) is 20.7. The molecule has 3 heterocycles. The summed E-state index contributed by atoms with van der Waals surface area (Å²) < 4.78 is 17.1. The van der Waals surface area contributed by atoms with Gasteiger partial charge in [-0.15, -0.1) is 0 Å². The van der Waals surface area contributed by atoms with Crippen molar-refractivity contribution in [2.75, 3.05) is 20.0 Å². The van der Waals surface area contributed by atoms with Gasteiger partial charge in [-0.2, -0.15) is 0 Å². The summed E-state index contributed by atoms with van der Waals surface area (Å²) in [7, 11) is 3.15. The molecule has 3 aromatic rings. The molecule has 1 atom stereocenters. The third-order valence-electron chi connectivity index (χ3n) is 7.27. The molecule has 11 heteroatoms. The Morgan fingerprint density at radius 1 is 1.24 bits per heavy atom. The fraction of sp³-hybridized carbons (Fsp3) is 0.423. The van der Waals surface area contributed by atoms with Crippen molar-refractivity contribution in [2.24, 2.45) is 5.92 Å². The van der Waals surface area contributed by atoms with Crippen molar-refractivity contribution < 1.29 is 24.1 Å². The summed E-state index contributed by atoms with van der Waals surface area (Å²) in [6.45, 7) is 0. The van der Waals surface area contributed by atoms with E-state index in [9.17, 15) is 9.90 Å². The highest BCUT2D eigenvalue weighted by Gasteiger charge is 2.48. The van der Waals surface area contributed by atoms with Crippen LogP contribution < -0.4 is 15.2 Å². The first-order valence-corrected chi connectivity index (χ1v) is 13.4. The monoisotopic (exact) mass is 544 g/mol. The van der Waals surface area contributed by atoms with Crippen molar-refractivity contribution in [1.29, 1.82) is 0 Å². The maximum atomic E-state index is 13.4. The number of thioether (sulfide) groups is 1. The van der Waals surface area contributed by atoms with Crippen LogP contribution in [-0.2, 0) is 16.0 Å². The molecule has 0 saturated heterocycles. The molecule has 5 rings (SSSR count). The third kappa shape index (κ3) is 4.92. The number of H-pyrrole nitrogens is 1. The maximum Gasteiger partial charge on any atom is 0.349 e. The van der Waals surface area contributed by atoms with Crippen LogP contribution in [0.5, 0.6) is 11.5 Å². The number of aliphatic hydroxyl groups is 1. The molecule has 0 amide bonds. The number of hydrogen-bond donors (Lipinski definition) is 3. The first-order chi connectivity index (χ1) is 17.8. The molecule has 1 fully saturated rings. The number of aliphatic hydroxyl groups excluding tert-OH is 1. The molecule has 1 aliphatic heterocycles. The molecule has 196 valence electrons. The summed E-state index contributed by atoms with van der Waals surface area (Å²) in [6, 6.07) is 5.24. The Bertz CT molecular complexity index is 1370. The standard InChI is InChI=1S/C26H29ClN4O5S/c1-34-18-10-19(35-2)16(27)9-14(18)7-8-26(15-5-3-4-6-15)12-17(32)23(25(33)36-26)37-20-11-21(28)31-24-22(20)29-13-30-24/h9-11,13,15,32H,3-8,12H2,1-2H3,(H3,28,29,30,31). The number of nitrogen functional groups attached to an aromatic ring is 1. The van der Waals surface area contributed by atoms with E-state index in [1.165, 1.54) is 6.33 Å². The summed E-state index contributed by atoms with van der Waals surface area (Å²) in [4.78, 5) is 25.6. The van der Waals surface area contributed by atoms with Gasteiger partial charge in [-0.25, -0.2) is 14.8 Å².